The molecule has 0 radical (unpaired) electrons. The van der Waals surface area contributed by atoms with E-state index in [9.17, 15) is 29.0 Å². The van der Waals surface area contributed by atoms with Crippen molar-refractivity contribution in [3.63, 3.8) is 0 Å². The van der Waals surface area contributed by atoms with Crippen LogP contribution in [0.5, 0.6) is 0 Å². The minimum atomic E-state index is -5.54. The van der Waals surface area contributed by atoms with Gasteiger partial charge in [-0.15, -0.1) is 0 Å². The Morgan fingerprint density at radius 2 is 1.46 bits per heavy atom. The van der Waals surface area contributed by atoms with Gasteiger partial charge in [0.05, 0.1) is 21.9 Å². The lowest BCUT2D eigenvalue weighted by atomic mass is 10.2. The zero-order chi connectivity index (χ0) is 18.1. The SMILES string of the molecule is COS(=O)(O)(c1ccc(C)cc1)c1c([N+](=O)[O-])cccc1[N+](=O)[O-]. The molecule has 1 N–H and O–H groups in total. The largest absolute Gasteiger partial charge is 0.300 e. The maximum absolute atomic E-state index is 13.4. The summed E-state index contributed by atoms with van der Waals surface area (Å²) in [6.07, 6.45) is 0. The van der Waals surface area contributed by atoms with E-state index in [1.807, 2.05) is 0 Å². The van der Waals surface area contributed by atoms with E-state index in [1.165, 1.54) is 24.3 Å². The Hall–Kier alpha value is -2.69. The molecule has 0 bridgehead atoms. The Balaban J connectivity index is 2.98. The fourth-order valence-corrected chi connectivity index (χ4v) is 4.48. The highest BCUT2D eigenvalue weighted by atomic mass is 32.3. The second-order valence-corrected chi connectivity index (χ2v) is 7.84. The van der Waals surface area contributed by atoms with Crippen LogP contribution < -0.4 is 0 Å². The Morgan fingerprint density at radius 1 is 1.00 bits per heavy atom. The molecule has 0 aliphatic carbocycles. The van der Waals surface area contributed by atoms with Gasteiger partial charge in [0, 0.05) is 12.1 Å². The van der Waals surface area contributed by atoms with Gasteiger partial charge in [-0.3, -0.25) is 24.4 Å². The van der Waals surface area contributed by atoms with Crippen molar-refractivity contribution in [3.8, 4) is 0 Å². The molecule has 0 saturated heterocycles. The first-order valence-corrected chi connectivity index (χ1v) is 8.42. The van der Waals surface area contributed by atoms with Gasteiger partial charge in [-0.2, -0.15) is 0 Å². The molecule has 2 aromatic rings. The average molecular weight is 354 g/mol. The van der Waals surface area contributed by atoms with Gasteiger partial charge in [0.15, 0.2) is 9.63 Å². The van der Waals surface area contributed by atoms with E-state index in [0.29, 0.717) is 0 Å². The second kappa shape index (κ2) is 5.74. The number of hydrogen-bond acceptors (Lipinski definition) is 6. The molecule has 0 spiro atoms. The van der Waals surface area contributed by atoms with Crippen LogP contribution in [0.4, 0.5) is 11.4 Å². The Morgan fingerprint density at radius 3 is 1.83 bits per heavy atom. The van der Waals surface area contributed by atoms with Crippen molar-refractivity contribution in [2.75, 3.05) is 7.11 Å². The molecular weight excluding hydrogens is 340 g/mol. The summed E-state index contributed by atoms with van der Waals surface area (Å²) in [5.41, 5.74) is -0.973. The Labute approximate surface area is 136 Å². The van der Waals surface area contributed by atoms with Crippen LogP contribution in [0.25, 0.3) is 0 Å². The van der Waals surface area contributed by atoms with Gasteiger partial charge in [0.1, 0.15) is 0 Å². The van der Waals surface area contributed by atoms with Crippen LogP contribution in [-0.2, 0) is 13.8 Å². The molecule has 0 atom stereocenters. The highest BCUT2D eigenvalue weighted by Gasteiger charge is 2.49. The summed E-state index contributed by atoms with van der Waals surface area (Å²) in [6, 6.07) is 8.39. The van der Waals surface area contributed by atoms with Gasteiger partial charge in [0.2, 0.25) is 4.90 Å². The second-order valence-electron chi connectivity index (χ2n) is 4.95. The van der Waals surface area contributed by atoms with Crippen molar-refractivity contribution in [2.45, 2.75) is 16.7 Å². The fourth-order valence-electron chi connectivity index (χ4n) is 2.25. The predicted molar refractivity (Wildman–Crippen MR) is 85.2 cm³/mol. The first-order chi connectivity index (χ1) is 11.1. The van der Waals surface area contributed by atoms with E-state index in [1.54, 1.807) is 6.92 Å². The molecule has 0 amide bonds. The normalized spacial score (nSPS) is 13.0. The molecule has 9 nitrogen and oxygen atoms in total. The lowest BCUT2D eigenvalue weighted by Crippen LogP contribution is -2.36. The first-order valence-electron chi connectivity index (χ1n) is 6.58. The monoisotopic (exact) mass is 354 g/mol. The van der Waals surface area contributed by atoms with Crippen molar-refractivity contribution in [1.82, 2.24) is 0 Å². The molecule has 0 fully saturated rings. The summed E-state index contributed by atoms with van der Waals surface area (Å²) >= 11 is 0. The Bertz CT molecular complexity index is 862. The highest BCUT2D eigenvalue weighted by molar-refractivity contribution is 8.11. The molecule has 24 heavy (non-hydrogen) atoms. The van der Waals surface area contributed by atoms with Gasteiger partial charge >= 0.3 is 0 Å². The summed E-state index contributed by atoms with van der Waals surface area (Å²) < 4.78 is 29.2. The first kappa shape index (κ1) is 17.7. The van der Waals surface area contributed by atoms with Crippen molar-refractivity contribution in [2.24, 2.45) is 0 Å². The average Bonchev–Trinajstić information content (AvgIpc) is 2.54. The van der Waals surface area contributed by atoms with E-state index >= 15 is 0 Å². The van der Waals surface area contributed by atoms with Gasteiger partial charge in [-0.25, -0.2) is 4.21 Å². The lowest BCUT2D eigenvalue weighted by molar-refractivity contribution is -0.400. The van der Waals surface area contributed by atoms with Gasteiger partial charge < -0.3 is 4.55 Å². The zero-order valence-corrected chi connectivity index (χ0v) is 13.6. The van der Waals surface area contributed by atoms with Crippen molar-refractivity contribution in [1.29, 1.82) is 0 Å². The molecule has 0 aromatic heterocycles. The number of aryl methyl sites for hydroxylation is 1. The summed E-state index contributed by atoms with van der Waals surface area (Å²) in [5.74, 6) is 0. The number of nitro benzene ring substituents is 2. The van der Waals surface area contributed by atoms with E-state index < -0.39 is 35.7 Å². The smallest absolute Gasteiger partial charge is 0.295 e. The number of rotatable bonds is 5. The molecule has 2 rings (SSSR count). The minimum Gasteiger partial charge on any atom is -0.300 e. The van der Waals surface area contributed by atoms with Gasteiger partial charge in [-0.05, 0) is 25.1 Å². The molecular formula is C14H14N2O7S. The van der Waals surface area contributed by atoms with E-state index in [4.69, 9.17) is 4.18 Å². The molecule has 0 aliphatic rings. The maximum atomic E-state index is 13.4. The van der Waals surface area contributed by atoms with E-state index in [2.05, 4.69) is 0 Å². The zero-order valence-electron chi connectivity index (χ0n) is 12.7. The van der Waals surface area contributed by atoms with Crippen LogP contribution in [0.2, 0.25) is 0 Å². The molecule has 0 aliphatic heterocycles. The summed E-state index contributed by atoms with van der Waals surface area (Å²) in [5, 5.41) is 22.6. The molecule has 128 valence electrons. The van der Waals surface area contributed by atoms with E-state index in [-0.39, 0.29) is 4.90 Å². The molecule has 2 aromatic carbocycles. The summed E-state index contributed by atoms with van der Waals surface area (Å²) in [6.45, 7) is 1.73. The number of nitro groups is 2. The predicted octanol–water partition coefficient (Wildman–Crippen LogP) is 3.08. The topological polar surface area (TPSA) is 133 Å². The van der Waals surface area contributed by atoms with Gasteiger partial charge in [0.25, 0.3) is 11.4 Å². The van der Waals surface area contributed by atoms with Crippen LogP contribution in [0.15, 0.2) is 52.3 Å². The third-order valence-corrected chi connectivity index (χ3v) is 6.33. The van der Waals surface area contributed by atoms with Crippen LogP contribution in [-0.4, -0.2) is 25.7 Å². The van der Waals surface area contributed by atoms with Crippen LogP contribution >= 0.6 is 0 Å². The standard InChI is InChI=1S/C14H14N2O7S/c1-10-6-8-11(9-7-10)24(21,22,23-2)14-12(15(17)18)4-3-5-13(14)16(19)20/h3-9H,1-2H3,(H,21,22). The number of nitrogens with zero attached hydrogens (tertiary/aromatic N) is 2. The summed E-state index contributed by atoms with van der Waals surface area (Å²) in [7, 11) is -4.67. The van der Waals surface area contributed by atoms with E-state index in [0.717, 1.165) is 30.9 Å². The van der Waals surface area contributed by atoms with Crippen LogP contribution in [0, 0.1) is 27.2 Å². The molecule has 10 heteroatoms. The molecule has 0 unspecified atom stereocenters. The minimum absolute atomic E-state index is 0.308. The van der Waals surface area contributed by atoms with Gasteiger partial charge in [-0.1, -0.05) is 17.7 Å². The Kier molecular flexibility index (Phi) is 4.23. The molecule has 0 saturated carbocycles. The fraction of sp³-hybridized carbons (Fsp3) is 0.143. The lowest BCUT2D eigenvalue weighted by Gasteiger charge is -2.34. The third-order valence-electron chi connectivity index (χ3n) is 3.47. The third kappa shape index (κ3) is 2.66. The number of benzene rings is 2. The molecule has 0 heterocycles. The van der Waals surface area contributed by atoms with Crippen LogP contribution in [0.3, 0.4) is 0 Å². The quantitative estimate of drug-likeness (QED) is 0.644. The maximum Gasteiger partial charge on any atom is 0.295 e. The van der Waals surface area contributed by atoms with Crippen LogP contribution in [0.1, 0.15) is 5.56 Å². The summed E-state index contributed by atoms with van der Waals surface area (Å²) in [4.78, 5) is 19.4. The van der Waals surface area contributed by atoms with Crippen molar-refractivity contribution >= 4 is 21.0 Å². The van der Waals surface area contributed by atoms with Crippen molar-refractivity contribution < 1.29 is 22.8 Å². The highest BCUT2D eigenvalue weighted by Crippen LogP contribution is 2.49. The van der Waals surface area contributed by atoms with Crippen molar-refractivity contribution in [3.05, 3.63) is 68.3 Å². The number of hydrogen-bond donors (Lipinski definition) is 1.